The molecule has 0 amide bonds. The molecule has 1 aliphatic carbocycles. The lowest BCUT2D eigenvalue weighted by Gasteiger charge is -2.10. The summed E-state index contributed by atoms with van der Waals surface area (Å²) < 4.78 is 4.37. The van der Waals surface area contributed by atoms with Crippen molar-refractivity contribution in [3.05, 3.63) is 217 Å². The monoisotopic (exact) mass is 775 g/mol. The number of fused-ring (bicyclic) bond motifs is 9. The number of para-hydroxylation sites is 4. The van der Waals surface area contributed by atoms with Crippen LogP contribution in [0.5, 0.6) is 0 Å². The number of benzene rings is 8. The van der Waals surface area contributed by atoms with Crippen molar-refractivity contribution in [1.82, 2.24) is 24.1 Å². The van der Waals surface area contributed by atoms with Crippen molar-refractivity contribution in [2.75, 3.05) is 0 Å². The zero-order valence-electron chi connectivity index (χ0n) is 34.1. The van der Waals surface area contributed by atoms with Crippen LogP contribution in [0.4, 0.5) is 0 Å². The summed E-state index contributed by atoms with van der Waals surface area (Å²) in [5.41, 5.74) is 12.4. The summed E-state index contributed by atoms with van der Waals surface area (Å²) in [6.07, 6.45) is 1.10. The van der Waals surface area contributed by atoms with Crippen molar-refractivity contribution in [3.63, 3.8) is 0 Å². The summed E-state index contributed by atoms with van der Waals surface area (Å²) in [6.45, 7) is 4.00. The minimum atomic E-state index is 0.616. The molecule has 3 aromatic heterocycles. The van der Waals surface area contributed by atoms with Gasteiger partial charge < -0.3 is 4.57 Å². The van der Waals surface area contributed by atoms with Gasteiger partial charge in [-0.1, -0.05) is 196 Å². The van der Waals surface area contributed by atoms with Gasteiger partial charge in [0.2, 0.25) is 5.95 Å². The van der Waals surface area contributed by atoms with Gasteiger partial charge in [-0.2, -0.15) is 9.97 Å². The third-order valence-electron chi connectivity index (χ3n) is 11.0. The third-order valence-corrected chi connectivity index (χ3v) is 11.0. The van der Waals surface area contributed by atoms with Crippen LogP contribution in [0.2, 0.25) is 0 Å². The number of aromatic nitrogens is 5. The van der Waals surface area contributed by atoms with Gasteiger partial charge in [0, 0.05) is 50.8 Å². The maximum absolute atomic E-state index is 4.91. The molecule has 290 valence electrons. The van der Waals surface area contributed by atoms with Crippen LogP contribution in [0.15, 0.2) is 206 Å². The second-order valence-electron chi connectivity index (χ2n) is 14.5. The van der Waals surface area contributed by atoms with Crippen LogP contribution in [0, 0.1) is 0 Å². The Morgan fingerprint density at radius 3 is 1.12 bits per heavy atom. The van der Waals surface area contributed by atoms with E-state index in [-0.39, 0.29) is 0 Å². The first-order valence-corrected chi connectivity index (χ1v) is 20.6. The SMILES string of the molecule is CC.Cn1c2ccccc2c2ccccc21.c1ccc(-c2nc(-c3ccccc3)nc(-n3c4ccccc4c4ccccc43)n2)cc1.c1ccc2c(c1)Cc1ccccc1-2. The summed E-state index contributed by atoms with van der Waals surface area (Å²) in [6, 6.07) is 71.2. The second-order valence-corrected chi connectivity index (χ2v) is 14.5. The van der Waals surface area contributed by atoms with Crippen LogP contribution in [-0.2, 0) is 13.5 Å². The third kappa shape index (κ3) is 7.22. The minimum Gasteiger partial charge on any atom is -0.344 e. The molecule has 0 saturated carbocycles. The average molecular weight is 776 g/mol. The van der Waals surface area contributed by atoms with E-state index in [2.05, 4.69) is 162 Å². The average Bonchev–Trinajstić information content (AvgIpc) is 3.98. The first-order valence-electron chi connectivity index (χ1n) is 20.6. The first-order chi connectivity index (χ1) is 29.7. The van der Waals surface area contributed by atoms with Gasteiger partial charge in [0.05, 0.1) is 11.0 Å². The van der Waals surface area contributed by atoms with E-state index < -0.39 is 0 Å². The fourth-order valence-electron chi connectivity index (χ4n) is 8.23. The second kappa shape index (κ2) is 17.1. The molecule has 0 saturated heterocycles. The van der Waals surface area contributed by atoms with Gasteiger partial charge in [-0.05, 0) is 52.9 Å². The smallest absolute Gasteiger partial charge is 0.238 e. The van der Waals surface area contributed by atoms with Crippen LogP contribution < -0.4 is 0 Å². The van der Waals surface area contributed by atoms with Crippen LogP contribution in [-0.4, -0.2) is 24.1 Å². The lowest BCUT2D eigenvalue weighted by molar-refractivity contribution is 0.953. The molecule has 0 radical (unpaired) electrons. The quantitative estimate of drug-likeness (QED) is 0.180. The topological polar surface area (TPSA) is 48.5 Å². The zero-order chi connectivity index (χ0) is 40.8. The number of hydrogen-bond acceptors (Lipinski definition) is 3. The summed E-state index contributed by atoms with van der Waals surface area (Å²) in [7, 11) is 2.12. The molecule has 0 bridgehead atoms. The minimum absolute atomic E-state index is 0.616. The van der Waals surface area contributed by atoms with E-state index in [0.717, 1.165) is 28.6 Å². The van der Waals surface area contributed by atoms with E-state index in [4.69, 9.17) is 15.0 Å². The summed E-state index contributed by atoms with van der Waals surface area (Å²) in [5.74, 6) is 1.93. The van der Waals surface area contributed by atoms with Crippen LogP contribution in [0.1, 0.15) is 25.0 Å². The lowest BCUT2D eigenvalue weighted by atomic mass is 10.1. The fourth-order valence-corrected chi connectivity index (χ4v) is 8.23. The zero-order valence-corrected chi connectivity index (χ0v) is 34.1. The van der Waals surface area contributed by atoms with Gasteiger partial charge in [-0.15, -0.1) is 0 Å². The van der Waals surface area contributed by atoms with Crippen LogP contribution >= 0.6 is 0 Å². The summed E-state index contributed by atoms with van der Waals surface area (Å²) in [5, 5.41) is 5.04. The van der Waals surface area contributed by atoms with Crippen molar-refractivity contribution in [2.24, 2.45) is 7.05 Å². The highest BCUT2D eigenvalue weighted by Crippen LogP contribution is 2.36. The number of nitrogens with zero attached hydrogens (tertiary/aromatic N) is 5. The maximum Gasteiger partial charge on any atom is 0.238 e. The predicted molar refractivity (Wildman–Crippen MR) is 251 cm³/mol. The molecule has 0 fully saturated rings. The Balaban J connectivity index is 0.000000131. The first kappa shape index (κ1) is 37.9. The van der Waals surface area contributed by atoms with E-state index in [1.54, 1.807) is 0 Å². The van der Waals surface area contributed by atoms with Crippen molar-refractivity contribution >= 4 is 43.6 Å². The Labute approximate surface area is 350 Å². The van der Waals surface area contributed by atoms with Crippen molar-refractivity contribution in [3.8, 4) is 39.9 Å². The molecular weight excluding hydrogens is 731 g/mol. The molecule has 0 aliphatic heterocycles. The van der Waals surface area contributed by atoms with Gasteiger partial charge in [0.15, 0.2) is 11.6 Å². The highest BCUT2D eigenvalue weighted by Gasteiger charge is 2.18. The molecule has 0 spiro atoms. The Kier molecular flexibility index (Phi) is 10.8. The van der Waals surface area contributed by atoms with Gasteiger partial charge in [0.1, 0.15) is 0 Å². The van der Waals surface area contributed by atoms with E-state index in [1.165, 1.54) is 54.8 Å². The molecule has 0 N–H and O–H groups in total. The van der Waals surface area contributed by atoms with Gasteiger partial charge in [-0.25, -0.2) is 4.98 Å². The lowest BCUT2D eigenvalue weighted by Crippen LogP contribution is -2.06. The van der Waals surface area contributed by atoms with Crippen LogP contribution in [0.3, 0.4) is 0 Å². The van der Waals surface area contributed by atoms with Crippen molar-refractivity contribution in [2.45, 2.75) is 20.3 Å². The Hall–Kier alpha value is -7.63. The molecule has 11 aromatic rings. The van der Waals surface area contributed by atoms with E-state index in [9.17, 15) is 0 Å². The molecule has 12 rings (SSSR count). The van der Waals surface area contributed by atoms with Crippen molar-refractivity contribution in [1.29, 1.82) is 0 Å². The van der Waals surface area contributed by atoms with Gasteiger partial charge in [0.25, 0.3) is 0 Å². The molecule has 0 atom stereocenters. The number of aryl methyl sites for hydroxylation is 1. The molecular formula is C55H45N5. The standard InChI is InChI=1S/C27H18N4.C13H11N.C13H10.C2H6/c1-3-11-19(12-4-1)25-28-26(20-13-5-2-6-14-20)30-27(29-25)31-23-17-9-7-15-21(23)22-16-8-10-18-24(22)31;1-14-12-8-4-2-6-10(12)11-7-3-5-9-13(11)14;1-3-7-12-10(5-1)9-11-6-2-4-8-13(11)12;1-2/h1-18H;2-9H,1H3;1-8H,9H2;1-2H3. The maximum atomic E-state index is 4.91. The Bertz CT molecular complexity index is 3010. The number of hydrogen-bond donors (Lipinski definition) is 0. The molecule has 8 aromatic carbocycles. The molecule has 0 unspecified atom stereocenters. The Morgan fingerprint density at radius 2 is 0.683 bits per heavy atom. The van der Waals surface area contributed by atoms with Crippen molar-refractivity contribution < 1.29 is 0 Å². The van der Waals surface area contributed by atoms with E-state index >= 15 is 0 Å². The number of rotatable bonds is 3. The molecule has 60 heavy (non-hydrogen) atoms. The van der Waals surface area contributed by atoms with E-state index in [1.807, 2.05) is 74.5 Å². The van der Waals surface area contributed by atoms with Gasteiger partial charge in [-0.3, -0.25) is 4.57 Å². The summed E-state index contributed by atoms with van der Waals surface area (Å²) >= 11 is 0. The fraction of sp³-hybridized carbons (Fsp3) is 0.0727. The normalized spacial score (nSPS) is 11.2. The van der Waals surface area contributed by atoms with Crippen LogP contribution in [0.25, 0.3) is 83.5 Å². The van der Waals surface area contributed by atoms with Gasteiger partial charge >= 0.3 is 0 Å². The molecule has 1 aliphatic rings. The van der Waals surface area contributed by atoms with E-state index in [0.29, 0.717) is 17.6 Å². The molecule has 5 heteroatoms. The molecule has 5 nitrogen and oxygen atoms in total. The molecule has 3 heterocycles. The largest absolute Gasteiger partial charge is 0.344 e. The Morgan fingerprint density at radius 1 is 0.350 bits per heavy atom. The summed E-state index contributed by atoms with van der Waals surface area (Å²) in [4.78, 5) is 14.6. The predicted octanol–water partition coefficient (Wildman–Crippen LogP) is 13.9. The highest BCUT2D eigenvalue weighted by atomic mass is 15.2. The highest BCUT2D eigenvalue weighted by molar-refractivity contribution is 6.09.